The fraction of sp³-hybridized carbons (Fsp3) is 0.300. The number of hydrogen-bond acceptors (Lipinski definition) is 6. The summed E-state index contributed by atoms with van der Waals surface area (Å²) in [4.78, 5) is 36.3. The van der Waals surface area contributed by atoms with Crippen LogP contribution in [0.5, 0.6) is 0 Å². The van der Waals surface area contributed by atoms with Crippen LogP contribution in [0.3, 0.4) is 0 Å². The Kier molecular flexibility index (Phi) is 6.65. The zero-order valence-electron chi connectivity index (χ0n) is 15.2. The van der Waals surface area contributed by atoms with Crippen LogP contribution in [-0.2, 0) is 11.3 Å². The summed E-state index contributed by atoms with van der Waals surface area (Å²) >= 11 is 1.33. The molecule has 0 bridgehead atoms. The molecule has 1 heterocycles. The summed E-state index contributed by atoms with van der Waals surface area (Å²) in [7, 11) is 0. The molecule has 0 N–H and O–H groups in total. The van der Waals surface area contributed by atoms with Gasteiger partial charge in [-0.3, -0.25) is 14.9 Å². The number of nitro groups is 1. The van der Waals surface area contributed by atoms with Gasteiger partial charge in [-0.25, -0.2) is 4.79 Å². The average Bonchev–Trinajstić information content (AvgIpc) is 2.73. The van der Waals surface area contributed by atoms with Crippen molar-refractivity contribution in [3.8, 4) is 0 Å². The van der Waals surface area contributed by atoms with E-state index < -0.39 is 11.0 Å². The van der Waals surface area contributed by atoms with E-state index in [1.807, 2.05) is 18.2 Å². The first-order chi connectivity index (χ1) is 13.5. The predicted octanol–water partition coefficient (Wildman–Crippen LogP) is 4.27. The van der Waals surface area contributed by atoms with Gasteiger partial charge in [0.2, 0.25) is 5.12 Å². The zero-order chi connectivity index (χ0) is 19.9. The van der Waals surface area contributed by atoms with E-state index in [0.29, 0.717) is 24.2 Å². The Bertz CT molecular complexity index is 833. The molecule has 1 amide bonds. The van der Waals surface area contributed by atoms with Crippen LogP contribution in [0.1, 0.15) is 28.8 Å². The Morgan fingerprint density at radius 3 is 2.32 bits per heavy atom. The highest BCUT2D eigenvalue weighted by Gasteiger charge is 2.26. The van der Waals surface area contributed by atoms with Gasteiger partial charge in [-0.2, -0.15) is 0 Å². The van der Waals surface area contributed by atoms with Gasteiger partial charge < -0.3 is 9.64 Å². The standard InChI is InChI=1S/C20H20N2O5S/c23-19(16-4-2-1-3-5-16)28-18-10-12-21(13-11-18)20(24)27-14-15-6-8-17(9-7-15)22(25)26/h1-9,18H,10-14H2. The number of piperidine rings is 1. The van der Waals surface area contributed by atoms with Crippen LogP contribution in [0.15, 0.2) is 54.6 Å². The minimum Gasteiger partial charge on any atom is -0.445 e. The van der Waals surface area contributed by atoms with E-state index in [4.69, 9.17) is 4.74 Å². The number of hydrogen-bond donors (Lipinski definition) is 0. The summed E-state index contributed by atoms with van der Waals surface area (Å²) in [6, 6.07) is 15.1. The Morgan fingerprint density at radius 2 is 1.71 bits per heavy atom. The van der Waals surface area contributed by atoms with Crippen molar-refractivity contribution in [2.45, 2.75) is 24.7 Å². The van der Waals surface area contributed by atoms with Crippen LogP contribution in [0, 0.1) is 10.1 Å². The fourth-order valence-electron chi connectivity index (χ4n) is 2.90. The van der Waals surface area contributed by atoms with Crippen molar-refractivity contribution in [3.63, 3.8) is 0 Å². The summed E-state index contributed by atoms with van der Waals surface area (Å²) in [5.74, 6) is 0. The van der Waals surface area contributed by atoms with Crippen molar-refractivity contribution in [1.29, 1.82) is 0 Å². The number of ether oxygens (including phenoxy) is 1. The van der Waals surface area contributed by atoms with Gasteiger partial charge in [0.25, 0.3) is 5.69 Å². The molecule has 2 aromatic carbocycles. The fourth-order valence-corrected chi connectivity index (χ4v) is 3.92. The molecule has 28 heavy (non-hydrogen) atoms. The number of carbonyl (C=O) groups excluding carboxylic acids is 2. The number of thioether (sulfide) groups is 1. The highest BCUT2D eigenvalue weighted by molar-refractivity contribution is 8.14. The van der Waals surface area contributed by atoms with Gasteiger partial charge in [0.15, 0.2) is 0 Å². The van der Waals surface area contributed by atoms with Crippen LogP contribution < -0.4 is 0 Å². The third-order valence-electron chi connectivity index (χ3n) is 4.49. The molecule has 2 aromatic rings. The maximum atomic E-state index is 12.3. The third-order valence-corrected chi connectivity index (χ3v) is 5.75. The average molecular weight is 400 g/mol. The number of rotatable bonds is 5. The van der Waals surface area contributed by atoms with Gasteiger partial charge in [-0.15, -0.1) is 0 Å². The molecule has 0 radical (unpaired) electrons. The van der Waals surface area contributed by atoms with E-state index in [9.17, 15) is 19.7 Å². The van der Waals surface area contributed by atoms with Gasteiger partial charge >= 0.3 is 6.09 Å². The molecule has 0 unspecified atom stereocenters. The second-order valence-corrected chi connectivity index (χ2v) is 7.71. The van der Waals surface area contributed by atoms with Crippen molar-refractivity contribution in [2.24, 2.45) is 0 Å². The van der Waals surface area contributed by atoms with E-state index in [-0.39, 0.29) is 22.7 Å². The molecule has 0 aliphatic carbocycles. The first-order valence-corrected chi connectivity index (χ1v) is 9.82. The lowest BCUT2D eigenvalue weighted by atomic mass is 10.1. The van der Waals surface area contributed by atoms with Gasteiger partial charge in [0, 0.05) is 36.0 Å². The molecular formula is C20H20N2O5S. The predicted molar refractivity (Wildman–Crippen MR) is 106 cm³/mol. The summed E-state index contributed by atoms with van der Waals surface area (Å²) in [6.45, 7) is 1.15. The number of amides is 1. The Morgan fingerprint density at radius 1 is 1.07 bits per heavy atom. The van der Waals surface area contributed by atoms with Crippen molar-refractivity contribution in [2.75, 3.05) is 13.1 Å². The van der Waals surface area contributed by atoms with Crippen LogP contribution in [0.25, 0.3) is 0 Å². The molecule has 1 fully saturated rings. The molecule has 0 atom stereocenters. The molecular weight excluding hydrogens is 380 g/mol. The summed E-state index contributed by atoms with van der Waals surface area (Å²) < 4.78 is 5.30. The lowest BCUT2D eigenvalue weighted by molar-refractivity contribution is -0.384. The third kappa shape index (κ3) is 5.32. The van der Waals surface area contributed by atoms with Gasteiger partial charge in [0.05, 0.1) is 4.92 Å². The second-order valence-electron chi connectivity index (χ2n) is 6.44. The Balaban J connectivity index is 1.42. The molecule has 7 nitrogen and oxygen atoms in total. The molecule has 3 rings (SSSR count). The highest BCUT2D eigenvalue weighted by Crippen LogP contribution is 2.27. The van der Waals surface area contributed by atoms with Crippen molar-refractivity contribution in [3.05, 3.63) is 75.8 Å². The summed E-state index contributed by atoms with van der Waals surface area (Å²) in [6.07, 6.45) is 1.06. The highest BCUT2D eigenvalue weighted by atomic mass is 32.2. The molecule has 8 heteroatoms. The minimum absolute atomic E-state index is 0.000279. The Hall–Kier alpha value is -2.87. The van der Waals surface area contributed by atoms with Gasteiger partial charge in [-0.1, -0.05) is 42.1 Å². The molecule has 146 valence electrons. The maximum absolute atomic E-state index is 12.3. The quantitative estimate of drug-likeness (QED) is 0.550. The maximum Gasteiger partial charge on any atom is 0.410 e. The lowest BCUT2D eigenvalue weighted by Gasteiger charge is -2.30. The van der Waals surface area contributed by atoms with Gasteiger partial charge in [0.1, 0.15) is 6.61 Å². The van der Waals surface area contributed by atoms with E-state index >= 15 is 0 Å². The van der Waals surface area contributed by atoms with Crippen molar-refractivity contribution in [1.82, 2.24) is 4.90 Å². The Labute approximate surface area is 166 Å². The largest absolute Gasteiger partial charge is 0.445 e. The molecule has 1 saturated heterocycles. The minimum atomic E-state index is -0.472. The number of likely N-dealkylation sites (tertiary alicyclic amines) is 1. The smallest absolute Gasteiger partial charge is 0.410 e. The molecule has 0 aromatic heterocycles. The molecule has 1 aliphatic heterocycles. The monoisotopic (exact) mass is 400 g/mol. The van der Waals surface area contributed by atoms with Gasteiger partial charge in [-0.05, 0) is 30.5 Å². The van der Waals surface area contributed by atoms with Crippen LogP contribution in [0.4, 0.5) is 10.5 Å². The van der Waals surface area contributed by atoms with E-state index in [2.05, 4.69) is 0 Å². The number of nitro benzene ring substituents is 1. The van der Waals surface area contributed by atoms with Crippen LogP contribution >= 0.6 is 11.8 Å². The van der Waals surface area contributed by atoms with E-state index in [0.717, 1.165) is 12.8 Å². The lowest BCUT2D eigenvalue weighted by Crippen LogP contribution is -2.39. The van der Waals surface area contributed by atoms with Crippen LogP contribution in [0.2, 0.25) is 0 Å². The van der Waals surface area contributed by atoms with Crippen molar-refractivity contribution < 1.29 is 19.2 Å². The summed E-state index contributed by atoms with van der Waals surface area (Å²) in [5, 5.41) is 10.9. The number of non-ortho nitro benzene ring substituents is 1. The van der Waals surface area contributed by atoms with E-state index in [1.54, 1.807) is 29.2 Å². The molecule has 1 aliphatic rings. The first-order valence-electron chi connectivity index (χ1n) is 8.94. The molecule has 0 saturated carbocycles. The number of nitrogens with zero attached hydrogens (tertiary/aromatic N) is 2. The molecule has 0 spiro atoms. The van der Waals surface area contributed by atoms with Crippen LogP contribution in [-0.4, -0.2) is 39.4 Å². The number of benzene rings is 2. The summed E-state index contributed by atoms with van der Waals surface area (Å²) in [5.41, 5.74) is 1.38. The second kappa shape index (κ2) is 9.36. The normalized spacial score (nSPS) is 14.5. The van der Waals surface area contributed by atoms with Crippen molar-refractivity contribution >= 4 is 28.7 Å². The van der Waals surface area contributed by atoms with E-state index in [1.165, 1.54) is 23.9 Å². The first kappa shape index (κ1) is 19.9. The number of carbonyl (C=O) groups is 2. The topological polar surface area (TPSA) is 89.8 Å². The zero-order valence-corrected chi connectivity index (χ0v) is 16.0. The SMILES string of the molecule is O=C(SC1CCN(C(=O)OCc2ccc([N+](=O)[O-])cc2)CC1)c1ccccc1.